The van der Waals surface area contributed by atoms with Gasteiger partial charge in [0, 0.05) is 6.04 Å². The topological polar surface area (TPSA) is 49.3 Å². The molecular weight excluding hydrogens is 298 g/mol. The Hall–Kier alpha value is -2.13. The molecular formula is C21H25NO2. The largest absolute Gasteiger partial charge is 0.388 e. The maximum atomic E-state index is 12.9. The van der Waals surface area contributed by atoms with Crippen LogP contribution >= 0.6 is 0 Å². The standard InChI is InChI=1S/C21H25NO2/c1-16(15-19(23)17-9-4-2-5-10-17)22-20(24)21(13-8-14-21)18-11-6-3-7-12-18/h2-7,9-12,16,19,23H,8,13-15H2,1H3,(H,22,24). The molecule has 0 radical (unpaired) electrons. The van der Waals surface area contributed by atoms with Crippen molar-refractivity contribution < 1.29 is 9.90 Å². The molecule has 2 aromatic rings. The minimum absolute atomic E-state index is 0.0751. The number of benzene rings is 2. The first-order chi connectivity index (χ1) is 11.6. The smallest absolute Gasteiger partial charge is 0.230 e. The van der Waals surface area contributed by atoms with Crippen LogP contribution in [-0.4, -0.2) is 17.1 Å². The highest BCUT2D eigenvalue weighted by Crippen LogP contribution is 2.44. The van der Waals surface area contributed by atoms with Gasteiger partial charge >= 0.3 is 0 Å². The molecule has 1 amide bonds. The Morgan fingerprint density at radius 2 is 1.67 bits per heavy atom. The summed E-state index contributed by atoms with van der Waals surface area (Å²) in [6.07, 6.45) is 2.84. The van der Waals surface area contributed by atoms with Crippen molar-refractivity contribution in [2.24, 2.45) is 0 Å². The molecule has 0 saturated heterocycles. The summed E-state index contributed by atoms with van der Waals surface area (Å²) in [7, 11) is 0. The molecule has 0 bridgehead atoms. The van der Waals surface area contributed by atoms with E-state index in [4.69, 9.17) is 0 Å². The number of rotatable bonds is 6. The van der Waals surface area contributed by atoms with Gasteiger partial charge in [-0.05, 0) is 37.3 Å². The number of hydrogen-bond donors (Lipinski definition) is 2. The van der Waals surface area contributed by atoms with Crippen LogP contribution in [0.1, 0.15) is 49.8 Å². The lowest BCUT2D eigenvalue weighted by atomic mass is 9.63. The summed E-state index contributed by atoms with van der Waals surface area (Å²) in [5.41, 5.74) is 1.61. The first-order valence-corrected chi connectivity index (χ1v) is 8.71. The molecule has 3 rings (SSSR count). The summed E-state index contributed by atoms with van der Waals surface area (Å²) in [5.74, 6) is 0.0905. The van der Waals surface area contributed by atoms with Crippen molar-refractivity contribution >= 4 is 5.91 Å². The van der Waals surface area contributed by atoms with Crippen LogP contribution in [0.2, 0.25) is 0 Å². The second-order valence-corrected chi connectivity index (χ2v) is 6.84. The molecule has 2 atom stereocenters. The van der Waals surface area contributed by atoms with Gasteiger partial charge < -0.3 is 10.4 Å². The van der Waals surface area contributed by atoms with E-state index >= 15 is 0 Å². The molecule has 0 spiro atoms. The van der Waals surface area contributed by atoms with Gasteiger partial charge in [0.25, 0.3) is 0 Å². The van der Waals surface area contributed by atoms with E-state index < -0.39 is 6.10 Å². The van der Waals surface area contributed by atoms with E-state index in [1.165, 1.54) is 0 Å². The Morgan fingerprint density at radius 1 is 1.08 bits per heavy atom. The zero-order chi connectivity index (χ0) is 17.0. The predicted molar refractivity (Wildman–Crippen MR) is 95.6 cm³/mol. The van der Waals surface area contributed by atoms with Crippen LogP contribution < -0.4 is 5.32 Å². The van der Waals surface area contributed by atoms with Gasteiger partial charge in [-0.1, -0.05) is 67.1 Å². The maximum Gasteiger partial charge on any atom is 0.230 e. The maximum absolute atomic E-state index is 12.9. The second-order valence-electron chi connectivity index (χ2n) is 6.84. The number of nitrogens with one attached hydrogen (secondary N) is 1. The molecule has 1 aliphatic rings. The van der Waals surface area contributed by atoms with Gasteiger partial charge in [-0.3, -0.25) is 4.79 Å². The van der Waals surface area contributed by atoms with Gasteiger partial charge in [-0.2, -0.15) is 0 Å². The normalized spacial score (nSPS) is 18.2. The van der Waals surface area contributed by atoms with Gasteiger partial charge in [-0.15, -0.1) is 0 Å². The van der Waals surface area contributed by atoms with Gasteiger partial charge in [-0.25, -0.2) is 0 Å². The summed E-state index contributed by atoms with van der Waals surface area (Å²) in [6, 6.07) is 19.6. The molecule has 2 N–H and O–H groups in total. The molecule has 2 unspecified atom stereocenters. The molecule has 2 aromatic carbocycles. The molecule has 3 heteroatoms. The van der Waals surface area contributed by atoms with Crippen molar-refractivity contribution in [3.8, 4) is 0 Å². The van der Waals surface area contributed by atoms with Crippen molar-refractivity contribution in [2.45, 2.75) is 50.2 Å². The fourth-order valence-electron chi connectivity index (χ4n) is 3.50. The second kappa shape index (κ2) is 7.18. The van der Waals surface area contributed by atoms with Gasteiger partial charge in [0.1, 0.15) is 0 Å². The zero-order valence-corrected chi connectivity index (χ0v) is 14.1. The number of amides is 1. The Kier molecular flexibility index (Phi) is 5.00. The average Bonchev–Trinajstić information content (AvgIpc) is 2.55. The molecule has 126 valence electrons. The number of carbonyl (C=O) groups excluding carboxylic acids is 1. The Balaban J connectivity index is 1.63. The van der Waals surface area contributed by atoms with Crippen molar-refractivity contribution in [3.63, 3.8) is 0 Å². The molecule has 1 saturated carbocycles. The fourth-order valence-corrected chi connectivity index (χ4v) is 3.50. The Bertz CT molecular complexity index is 665. The third kappa shape index (κ3) is 3.36. The van der Waals surface area contributed by atoms with Crippen molar-refractivity contribution in [1.29, 1.82) is 0 Å². The molecule has 0 aliphatic heterocycles. The van der Waals surface area contributed by atoms with Crippen molar-refractivity contribution in [1.82, 2.24) is 5.32 Å². The van der Waals surface area contributed by atoms with E-state index in [1.54, 1.807) is 0 Å². The molecule has 0 heterocycles. The lowest BCUT2D eigenvalue weighted by Crippen LogP contribution is -2.51. The van der Waals surface area contributed by atoms with Crippen molar-refractivity contribution in [3.05, 3.63) is 71.8 Å². The summed E-state index contributed by atoms with van der Waals surface area (Å²) >= 11 is 0. The van der Waals surface area contributed by atoms with Crippen LogP contribution in [0.15, 0.2) is 60.7 Å². The SMILES string of the molecule is CC(CC(O)c1ccccc1)NC(=O)C1(c2ccccc2)CCC1. The van der Waals surface area contributed by atoms with Crippen LogP contribution in [-0.2, 0) is 10.2 Å². The van der Waals surface area contributed by atoms with Gasteiger partial charge in [0.05, 0.1) is 11.5 Å². The van der Waals surface area contributed by atoms with E-state index in [0.29, 0.717) is 6.42 Å². The van der Waals surface area contributed by atoms with E-state index in [2.05, 4.69) is 5.32 Å². The van der Waals surface area contributed by atoms with E-state index in [-0.39, 0.29) is 17.4 Å². The predicted octanol–water partition coefficient (Wildman–Crippen LogP) is 3.74. The van der Waals surface area contributed by atoms with Crippen LogP contribution in [0, 0.1) is 0 Å². The molecule has 1 fully saturated rings. The third-order valence-electron chi connectivity index (χ3n) is 5.11. The van der Waals surface area contributed by atoms with Crippen molar-refractivity contribution in [2.75, 3.05) is 0 Å². The molecule has 24 heavy (non-hydrogen) atoms. The van der Waals surface area contributed by atoms with Gasteiger partial charge in [0.15, 0.2) is 0 Å². The summed E-state index contributed by atoms with van der Waals surface area (Å²) in [4.78, 5) is 12.9. The number of carbonyl (C=O) groups is 1. The minimum atomic E-state index is -0.560. The van der Waals surface area contributed by atoms with Crippen LogP contribution in [0.3, 0.4) is 0 Å². The van der Waals surface area contributed by atoms with Crippen LogP contribution in [0.4, 0.5) is 0 Å². The number of aliphatic hydroxyl groups is 1. The lowest BCUT2D eigenvalue weighted by Gasteiger charge is -2.41. The number of hydrogen-bond acceptors (Lipinski definition) is 2. The van der Waals surface area contributed by atoms with Gasteiger partial charge in [0.2, 0.25) is 5.91 Å². The molecule has 3 nitrogen and oxygen atoms in total. The quantitative estimate of drug-likeness (QED) is 0.851. The average molecular weight is 323 g/mol. The summed E-state index contributed by atoms with van der Waals surface area (Å²) in [6.45, 7) is 1.96. The highest BCUT2D eigenvalue weighted by atomic mass is 16.3. The molecule has 1 aliphatic carbocycles. The first-order valence-electron chi connectivity index (χ1n) is 8.71. The summed E-state index contributed by atoms with van der Waals surface area (Å²) in [5, 5.41) is 13.5. The van der Waals surface area contributed by atoms with Crippen LogP contribution in [0.5, 0.6) is 0 Å². The Morgan fingerprint density at radius 3 is 2.21 bits per heavy atom. The monoisotopic (exact) mass is 323 g/mol. The van der Waals surface area contributed by atoms with E-state index in [1.807, 2.05) is 67.6 Å². The third-order valence-corrected chi connectivity index (χ3v) is 5.11. The van der Waals surface area contributed by atoms with E-state index in [9.17, 15) is 9.90 Å². The molecule has 0 aromatic heterocycles. The zero-order valence-electron chi connectivity index (χ0n) is 14.1. The Labute approximate surface area is 143 Å². The lowest BCUT2D eigenvalue weighted by molar-refractivity contribution is -0.130. The highest BCUT2D eigenvalue weighted by Gasteiger charge is 2.45. The number of aliphatic hydroxyl groups excluding tert-OH is 1. The first kappa shape index (κ1) is 16.7. The van der Waals surface area contributed by atoms with E-state index in [0.717, 1.165) is 30.4 Å². The minimum Gasteiger partial charge on any atom is -0.388 e. The summed E-state index contributed by atoms with van der Waals surface area (Å²) < 4.78 is 0. The highest BCUT2D eigenvalue weighted by molar-refractivity contribution is 5.89. The van der Waals surface area contributed by atoms with Crippen LogP contribution in [0.25, 0.3) is 0 Å². The fraction of sp³-hybridized carbons (Fsp3) is 0.381.